The number of carbonyl (C=O) groups excluding carboxylic acids is 5. The van der Waals surface area contributed by atoms with Gasteiger partial charge in [0.1, 0.15) is 17.3 Å². The average Bonchev–Trinajstić information content (AvgIpc) is 3.29. The average molecular weight is 503 g/mol. The number of Topliss-reactive ketones (excluding diaryl/α,β-unsaturated/α-hetero) is 5. The van der Waals surface area contributed by atoms with Gasteiger partial charge in [-0.2, -0.15) is 0 Å². The summed E-state index contributed by atoms with van der Waals surface area (Å²) < 4.78 is 0. The minimum Gasteiger partial charge on any atom is -0.300 e. The lowest BCUT2D eigenvalue weighted by atomic mass is 9.69. The molecule has 6 unspecified atom stereocenters. The van der Waals surface area contributed by atoms with Crippen LogP contribution in [0.3, 0.4) is 0 Å². The highest BCUT2D eigenvalue weighted by Gasteiger charge is 2.63. The van der Waals surface area contributed by atoms with Gasteiger partial charge in [0.25, 0.3) is 0 Å². The topological polar surface area (TPSA) is 85.3 Å². The Balaban J connectivity index is 2.35. The third-order valence-corrected chi connectivity index (χ3v) is 8.78. The van der Waals surface area contributed by atoms with Crippen LogP contribution in [0.2, 0.25) is 0 Å². The molecule has 2 fully saturated rings. The molecule has 0 aromatic carbocycles. The van der Waals surface area contributed by atoms with Crippen LogP contribution in [-0.2, 0) is 24.0 Å². The van der Waals surface area contributed by atoms with E-state index in [-0.39, 0.29) is 41.0 Å². The lowest BCUT2D eigenvalue weighted by Gasteiger charge is -2.33. The molecule has 5 nitrogen and oxygen atoms in total. The van der Waals surface area contributed by atoms with Gasteiger partial charge in [-0.25, -0.2) is 0 Å². The van der Waals surface area contributed by atoms with Gasteiger partial charge in [-0.05, 0) is 53.8 Å². The van der Waals surface area contributed by atoms with Crippen LogP contribution in [0.4, 0.5) is 0 Å². The van der Waals surface area contributed by atoms with Crippen LogP contribution in [-0.4, -0.2) is 28.9 Å². The SMILES string of the molecule is CCC(CC(=O)C1CC2(CC1C(=O)C(CC(=O)CC(C)(C)C)C(C)(C)C)CC2C(C)C)C(=O)C(C)=O. The minimum atomic E-state index is -0.617. The first-order valence-electron chi connectivity index (χ1n) is 14.0. The summed E-state index contributed by atoms with van der Waals surface area (Å²) in [6.07, 6.45) is 3.49. The molecule has 0 radical (unpaired) electrons. The molecule has 204 valence electrons. The predicted octanol–water partition coefficient (Wildman–Crippen LogP) is 6.45. The molecule has 0 heterocycles. The standard InChI is InChI=1S/C31H50O5/c1-11-20(27(35)19(4)32)12-26(34)22-15-31(17-25(31)18(2)3)16-23(22)28(36)24(30(8,9)10)13-21(33)14-29(5,6)7/h18,20,22-25H,11-17H2,1-10H3. The Labute approximate surface area is 218 Å². The van der Waals surface area contributed by atoms with Crippen LogP contribution in [0, 0.1) is 51.8 Å². The van der Waals surface area contributed by atoms with Gasteiger partial charge in [0.15, 0.2) is 5.78 Å². The fourth-order valence-corrected chi connectivity index (χ4v) is 6.76. The summed E-state index contributed by atoms with van der Waals surface area (Å²) >= 11 is 0. The van der Waals surface area contributed by atoms with Crippen LogP contribution in [0.5, 0.6) is 0 Å². The van der Waals surface area contributed by atoms with E-state index in [2.05, 4.69) is 13.8 Å². The van der Waals surface area contributed by atoms with E-state index >= 15 is 0 Å². The quantitative estimate of drug-likeness (QED) is 0.286. The first kappa shape index (κ1) is 30.6. The van der Waals surface area contributed by atoms with E-state index in [1.165, 1.54) is 6.92 Å². The third kappa shape index (κ3) is 7.22. The molecule has 0 aromatic heterocycles. The van der Waals surface area contributed by atoms with E-state index in [0.29, 0.717) is 37.5 Å². The lowest BCUT2D eigenvalue weighted by Crippen LogP contribution is -2.38. The highest BCUT2D eigenvalue weighted by atomic mass is 16.2. The summed E-state index contributed by atoms with van der Waals surface area (Å²) in [7, 11) is 0. The zero-order valence-electron chi connectivity index (χ0n) is 24.5. The van der Waals surface area contributed by atoms with E-state index < -0.39 is 40.7 Å². The maximum absolute atomic E-state index is 14.2. The Morgan fingerprint density at radius 1 is 0.861 bits per heavy atom. The van der Waals surface area contributed by atoms with Crippen molar-refractivity contribution in [3.8, 4) is 0 Å². The van der Waals surface area contributed by atoms with Gasteiger partial charge in [0.2, 0.25) is 5.78 Å². The van der Waals surface area contributed by atoms with Crippen molar-refractivity contribution in [2.24, 2.45) is 51.8 Å². The zero-order chi connectivity index (χ0) is 27.8. The van der Waals surface area contributed by atoms with Crippen LogP contribution in [0.25, 0.3) is 0 Å². The molecule has 0 saturated heterocycles. The first-order chi connectivity index (χ1) is 16.3. The summed E-state index contributed by atoms with van der Waals surface area (Å²) in [5, 5.41) is 0. The molecule has 1 spiro atoms. The first-order valence-corrected chi connectivity index (χ1v) is 14.0. The van der Waals surface area contributed by atoms with Crippen molar-refractivity contribution in [3.05, 3.63) is 0 Å². The Bertz CT molecular complexity index is 884. The number of ketones is 5. The number of rotatable bonds is 12. The maximum Gasteiger partial charge on any atom is 0.201 e. The van der Waals surface area contributed by atoms with Gasteiger partial charge in [0.05, 0.1) is 0 Å². The Morgan fingerprint density at radius 2 is 1.42 bits per heavy atom. The van der Waals surface area contributed by atoms with Gasteiger partial charge in [-0.15, -0.1) is 0 Å². The Morgan fingerprint density at radius 3 is 1.83 bits per heavy atom. The summed E-state index contributed by atoms with van der Waals surface area (Å²) in [4.78, 5) is 64.9. The monoisotopic (exact) mass is 502 g/mol. The second kappa shape index (κ2) is 11.0. The molecule has 2 rings (SSSR count). The normalized spacial score (nSPS) is 27.7. The van der Waals surface area contributed by atoms with Gasteiger partial charge in [-0.3, -0.25) is 24.0 Å². The molecular formula is C31H50O5. The van der Waals surface area contributed by atoms with Crippen LogP contribution < -0.4 is 0 Å². The summed E-state index contributed by atoms with van der Waals surface area (Å²) in [5.41, 5.74) is -0.528. The van der Waals surface area contributed by atoms with Crippen molar-refractivity contribution in [2.45, 2.75) is 114 Å². The summed E-state index contributed by atoms with van der Waals surface area (Å²) in [6.45, 7) is 19.6. The zero-order valence-corrected chi connectivity index (χ0v) is 24.5. The Kier molecular flexibility index (Phi) is 9.33. The smallest absolute Gasteiger partial charge is 0.201 e. The lowest BCUT2D eigenvalue weighted by molar-refractivity contribution is -0.141. The highest BCUT2D eigenvalue weighted by molar-refractivity contribution is 6.37. The van der Waals surface area contributed by atoms with E-state index in [4.69, 9.17) is 0 Å². The summed E-state index contributed by atoms with van der Waals surface area (Å²) in [6, 6.07) is 0. The molecule has 0 aliphatic heterocycles. The van der Waals surface area contributed by atoms with Gasteiger partial charge in [0, 0.05) is 49.9 Å². The number of hydrogen-bond acceptors (Lipinski definition) is 5. The second-order valence-corrected chi connectivity index (χ2v) is 14.5. The highest BCUT2D eigenvalue weighted by Crippen LogP contribution is 2.68. The fraction of sp³-hybridized carbons (Fsp3) is 0.839. The van der Waals surface area contributed by atoms with E-state index in [1.54, 1.807) is 0 Å². The third-order valence-electron chi connectivity index (χ3n) is 8.78. The van der Waals surface area contributed by atoms with Crippen LogP contribution in [0.1, 0.15) is 114 Å². The Hall–Kier alpha value is -1.65. The van der Waals surface area contributed by atoms with Crippen LogP contribution >= 0.6 is 0 Å². The largest absolute Gasteiger partial charge is 0.300 e. The van der Waals surface area contributed by atoms with Crippen molar-refractivity contribution in [3.63, 3.8) is 0 Å². The maximum atomic E-state index is 14.2. The molecule has 6 atom stereocenters. The molecule has 5 heteroatoms. The van der Waals surface area contributed by atoms with Gasteiger partial charge in [-0.1, -0.05) is 62.3 Å². The molecule has 0 amide bonds. The predicted molar refractivity (Wildman–Crippen MR) is 142 cm³/mol. The molecule has 2 saturated carbocycles. The van der Waals surface area contributed by atoms with Crippen molar-refractivity contribution >= 4 is 28.9 Å². The molecule has 2 aliphatic rings. The van der Waals surface area contributed by atoms with Crippen molar-refractivity contribution in [1.82, 2.24) is 0 Å². The van der Waals surface area contributed by atoms with E-state index in [1.807, 2.05) is 48.5 Å². The summed E-state index contributed by atoms with van der Waals surface area (Å²) in [5.74, 6) is -1.85. The van der Waals surface area contributed by atoms with Crippen molar-refractivity contribution < 1.29 is 24.0 Å². The van der Waals surface area contributed by atoms with Gasteiger partial charge < -0.3 is 0 Å². The van der Waals surface area contributed by atoms with Crippen LogP contribution in [0.15, 0.2) is 0 Å². The molecular weight excluding hydrogens is 452 g/mol. The van der Waals surface area contributed by atoms with E-state index in [0.717, 1.165) is 6.42 Å². The van der Waals surface area contributed by atoms with Crippen molar-refractivity contribution in [1.29, 1.82) is 0 Å². The second-order valence-electron chi connectivity index (χ2n) is 14.5. The number of hydrogen-bond donors (Lipinski definition) is 0. The molecule has 36 heavy (non-hydrogen) atoms. The molecule has 0 N–H and O–H groups in total. The molecule has 0 aromatic rings. The van der Waals surface area contributed by atoms with Crippen molar-refractivity contribution in [2.75, 3.05) is 0 Å². The number of carbonyl (C=O) groups is 5. The molecule has 2 aliphatic carbocycles. The van der Waals surface area contributed by atoms with Gasteiger partial charge >= 0.3 is 0 Å². The minimum absolute atomic E-state index is 0.0129. The van der Waals surface area contributed by atoms with E-state index in [9.17, 15) is 24.0 Å². The molecule has 0 bridgehead atoms. The fourth-order valence-electron chi connectivity index (χ4n) is 6.76.